The monoisotopic (exact) mass is 297 g/mol. The Morgan fingerprint density at radius 1 is 1.14 bits per heavy atom. The van der Waals surface area contributed by atoms with Crippen LogP contribution in [0.25, 0.3) is 0 Å². The molecule has 3 aliphatic heterocycles. The molecule has 3 fully saturated rings. The predicted molar refractivity (Wildman–Crippen MR) is 83.7 cm³/mol. The summed E-state index contributed by atoms with van der Waals surface area (Å²) in [5.41, 5.74) is 0. The van der Waals surface area contributed by atoms with Gasteiger partial charge in [-0.05, 0) is 32.7 Å². The van der Waals surface area contributed by atoms with Crippen molar-refractivity contribution in [2.75, 3.05) is 59.1 Å². The van der Waals surface area contributed by atoms with Gasteiger partial charge in [-0.25, -0.2) is 0 Å². The molecule has 0 saturated carbocycles. The maximum Gasteiger partial charge on any atom is 0.0726 e. The van der Waals surface area contributed by atoms with Crippen LogP contribution in [-0.2, 0) is 9.47 Å². The summed E-state index contributed by atoms with van der Waals surface area (Å²) in [6, 6.07) is 1.25. The van der Waals surface area contributed by atoms with E-state index in [2.05, 4.69) is 22.0 Å². The molecule has 0 aromatic heterocycles. The van der Waals surface area contributed by atoms with Gasteiger partial charge in [0.25, 0.3) is 0 Å². The van der Waals surface area contributed by atoms with Gasteiger partial charge in [0.2, 0.25) is 0 Å². The summed E-state index contributed by atoms with van der Waals surface area (Å²) in [5, 5.41) is 3.65. The number of likely N-dealkylation sites (tertiary alicyclic amines) is 1. The van der Waals surface area contributed by atoms with Crippen LogP contribution in [-0.4, -0.2) is 87.1 Å². The highest BCUT2D eigenvalue weighted by atomic mass is 16.5. The van der Waals surface area contributed by atoms with Crippen LogP contribution in [0.2, 0.25) is 0 Å². The van der Waals surface area contributed by atoms with Crippen molar-refractivity contribution in [1.82, 2.24) is 15.1 Å². The van der Waals surface area contributed by atoms with Gasteiger partial charge in [-0.1, -0.05) is 0 Å². The molecule has 0 bridgehead atoms. The van der Waals surface area contributed by atoms with Gasteiger partial charge in [0.15, 0.2) is 0 Å². The molecule has 1 N–H and O–H groups in total. The van der Waals surface area contributed by atoms with Crippen molar-refractivity contribution in [2.45, 2.75) is 44.4 Å². The molecule has 0 radical (unpaired) electrons. The van der Waals surface area contributed by atoms with Gasteiger partial charge < -0.3 is 19.7 Å². The number of nitrogens with zero attached hydrogens (tertiary/aromatic N) is 2. The lowest BCUT2D eigenvalue weighted by Gasteiger charge is -2.32. The normalized spacial score (nSPS) is 33.6. The highest BCUT2D eigenvalue weighted by molar-refractivity contribution is 4.85. The topological polar surface area (TPSA) is 37.0 Å². The molecule has 0 aromatic carbocycles. The van der Waals surface area contributed by atoms with Crippen LogP contribution in [0.1, 0.15) is 26.2 Å². The molecule has 21 heavy (non-hydrogen) atoms. The van der Waals surface area contributed by atoms with Gasteiger partial charge in [-0.2, -0.15) is 0 Å². The quantitative estimate of drug-likeness (QED) is 0.775. The highest BCUT2D eigenvalue weighted by Gasteiger charge is 2.28. The Bertz CT molecular complexity index is 304. The van der Waals surface area contributed by atoms with E-state index in [1.165, 1.54) is 32.4 Å². The first kappa shape index (κ1) is 15.7. The molecule has 0 amide bonds. The SMILES string of the molecule is CC(NCCN1CCC(N2CCOCC2)C1)C1CCCO1. The Hall–Kier alpha value is -0.200. The van der Waals surface area contributed by atoms with Crippen LogP contribution in [0.5, 0.6) is 0 Å². The number of nitrogens with one attached hydrogen (secondary N) is 1. The number of hydrogen-bond acceptors (Lipinski definition) is 5. The minimum absolute atomic E-state index is 0.435. The van der Waals surface area contributed by atoms with E-state index in [0.717, 1.165) is 52.0 Å². The number of hydrogen-bond donors (Lipinski definition) is 1. The first-order valence-electron chi connectivity index (χ1n) is 8.72. The minimum Gasteiger partial charge on any atom is -0.379 e. The molecule has 0 aliphatic carbocycles. The van der Waals surface area contributed by atoms with Crippen LogP contribution < -0.4 is 5.32 Å². The van der Waals surface area contributed by atoms with Crippen molar-refractivity contribution in [3.63, 3.8) is 0 Å². The average molecular weight is 297 g/mol. The number of ether oxygens (including phenoxy) is 2. The summed E-state index contributed by atoms with van der Waals surface area (Å²) in [6.07, 6.45) is 4.20. The van der Waals surface area contributed by atoms with Crippen LogP contribution >= 0.6 is 0 Å². The van der Waals surface area contributed by atoms with Crippen LogP contribution in [0, 0.1) is 0 Å². The van der Waals surface area contributed by atoms with Crippen molar-refractivity contribution in [3.05, 3.63) is 0 Å². The molecule has 3 heterocycles. The zero-order valence-electron chi connectivity index (χ0n) is 13.4. The second-order valence-electron chi connectivity index (χ2n) is 6.69. The molecule has 0 aromatic rings. The molecule has 3 unspecified atom stereocenters. The van der Waals surface area contributed by atoms with E-state index >= 15 is 0 Å². The molecule has 0 spiro atoms. The largest absolute Gasteiger partial charge is 0.379 e. The molecule has 122 valence electrons. The second kappa shape index (κ2) is 7.88. The maximum absolute atomic E-state index is 5.74. The molecule has 3 saturated heterocycles. The third kappa shape index (κ3) is 4.39. The summed E-state index contributed by atoms with van der Waals surface area (Å²) in [5.74, 6) is 0. The van der Waals surface area contributed by atoms with E-state index in [1.807, 2.05) is 0 Å². The van der Waals surface area contributed by atoms with Crippen molar-refractivity contribution in [2.24, 2.45) is 0 Å². The first-order chi connectivity index (χ1) is 10.3. The third-order valence-electron chi connectivity index (χ3n) is 5.23. The average Bonchev–Trinajstić information content (AvgIpc) is 3.20. The smallest absolute Gasteiger partial charge is 0.0726 e. The molecule has 3 atom stereocenters. The van der Waals surface area contributed by atoms with Crippen molar-refractivity contribution >= 4 is 0 Å². The van der Waals surface area contributed by atoms with Gasteiger partial charge in [-0.3, -0.25) is 4.90 Å². The third-order valence-corrected chi connectivity index (χ3v) is 5.23. The first-order valence-corrected chi connectivity index (χ1v) is 8.72. The van der Waals surface area contributed by atoms with Gasteiger partial charge in [0, 0.05) is 51.4 Å². The molecular weight excluding hydrogens is 266 g/mol. The van der Waals surface area contributed by atoms with E-state index in [-0.39, 0.29) is 0 Å². The summed E-state index contributed by atoms with van der Waals surface area (Å²) < 4.78 is 11.2. The number of rotatable bonds is 6. The Balaban J connectivity index is 1.31. The van der Waals surface area contributed by atoms with E-state index in [1.54, 1.807) is 0 Å². The highest BCUT2D eigenvalue weighted by Crippen LogP contribution is 2.17. The van der Waals surface area contributed by atoms with E-state index in [9.17, 15) is 0 Å². The van der Waals surface area contributed by atoms with E-state index in [0.29, 0.717) is 12.1 Å². The minimum atomic E-state index is 0.435. The van der Waals surface area contributed by atoms with Crippen molar-refractivity contribution < 1.29 is 9.47 Å². The molecular formula is C16H31N3O2. The fraction of sp³-hybridized carbons (Fsp3) is 1.00. The molecule has 3 aliphatic rings. The lowest BCUT2D eigenvalue weighted by atomic mass is 10.1. The Morgan fingerprint density at radius 3 is 2.76 bits per heavy atom. The second-order valence-corrected chi connectivity index (χ2v) is 6.69. The van der Waals surface area contributed by atoms with Crippen molar-refractivity contribution in [1.29, 1.82) is 0 Å². The zero-order valence-corrected chi connectivity index (χ0v) is 13.4. The van der Waals surface area contributed by atoms with Crippen LogP contribution in [0.15, 0.2) is 0 Å². The maximum atomic E-state index is 5.74. The van der Waals surface area contributed by atoms with Gasteiger partial charge in [0.05, 0.1) is 19.3 Å². The van der Waals surface area contributed by atoms with Crippen LogP contribution in [0.4, 0.5) is 0 Å². The summed E-state index contributed by atoms with van der Waals surface area (Å²) in [6.45, 7) is 12.0. The van der Waals surface area contributed by atoms with Crippen molar-refractivity contribution in [3.8, 4) is 0 Å². The zero-order chi connectivity index (χ0) is 14.5. The summed E-state index contributed by atoms with van der Waals surface area (Å²) in [7, 11) is 0. The van der Waals surface area contributed by atoms with E-state index in [4.69, 9.17) is 9.47 Å². The van der Waals surface area contributed by atoms with Gasteiger partial charge >= 0.3 is 0 Å². The Kier molecular flexibility index (Phi) is 5.89. The number of morpholine rings is 1. The molecule has 5 heteroatoms. The summed E-state index contributed by atoms with van der Waals surface area (Å²) >= 11 is 0. The predicted octanol–water partition coefficient (Wildman–Crippen LogP) is 0.550. The van der Waals surface area contributed by atoms with Gasteiger partial charge in [-0.15, -0.1) is 0 Å². The Morgan fingerprint density at radius 2 is 2.00 bits per heavy atom. The molecule has 3 rings (SSSR count). The Labute approximate surface area is 128 Å². The lowest BCUT2D eigenvalue weighted by molar-refractivity contribution is 0.0185. The standard InChI is InChI=1S/C16H31N3O2/c1-14(16-3-2-10-21-16)17-5-7-18-6-4-15(13-18)19-8-11-20-12-9-19/h14-17H,2-13H2,1H3. The lowest BCUT2D eigenvalue weighted by Crippen LogP contribution is -2.45. The summed E-state index contributed by atoms with van der Waals surface area (Å²) in [4.78, 5) is 5.22. The van der Waals surface area contributed by atoms with Crippen LogP contribution in [0.3, 0.4) is 0 Å². The fourth-order valence-corrected chi connectivity index (χ4v) is 3.83. The molecule has 5 nitrogen and oxygen atoms in total. The fourth-order valence-electron chi connectivity index (χ4n) is 3.83. The van der Waals surface area contributed by atoms with Gasteiger partial charge in [0.1, 0.15) is 0 Å². The van der Waals surface area contributed by atoms with E-state index < -0.39 is 0 Å².